The Morgan fingerprint density at radius 1 is 1.29 bits per heavy atom. The number of hydrogen-bond acceptors (Lipinski definition) is 6. The van der Waals surface area contributed by atoms with Crippen LogP contribution in [0.25, 0.3) is 0 Å². The molecule has 1 saturated carbocycles. The summed E-state index contributed by atoms with van der Waals surface area (Å²) in [6.45, 7) is 0. The highest BCUT2D eigenvalue weighted by atomic mass is 32.1. The van der Waals surface area contributed by atoms with Crippen molar-refractivity contribution >= 4 is 28.1 Å². The highest BCUT2D eigenvalue weighted by Gasteiger charge is 2.20. The Kier molecular flexibility index (Phi) is 5.40. The van der Waals surface area contributed by atoms with Crippen molar-refractivity contribution in [1.29, 1.82) is 0 Å². The quantitative estimate of drug-likeness (QED) is 0.901. The summed E-state index contributed by atoms with van der Waals surface area (Å²) in [4.78, 5) is 18.6. The summed E-state index contributed by atoms with van der Waals surface area (Å²) in [6, 6.07) is 3.83. The number of amides is 1. The van der Waals surface area contributed by atoms with E-state index in [1.54, 1.807) is 6.20 Å². The molecule has 1 aliphatic carbocycles. The van der Waals surface area contributed by atoms with Crippen LogP contribution in [-0.2, 0) is 11.2 Å². The average Bonchev–Trinajstić information content (AvgIpc) is 3.04. The molecule has 2 aromatic rings. The molecule has 0 radical (unpaired) electrons. The first-order valence-electron chi connectivity index (χ1n) is 8.38. The van der Waals surface area contributed by atoms with E-state index in [0.717, 1.165) is 16.4 Å². The third kappa shape index (κ3) is 4.08. The summed E-state index contributed by atoms with van der Waals surface area (Å²) in [5, 5.41) is 12.9. The molecule has 0 aliphatic heterocycles. The van der Waals surface area contributed by atoms with Crippen LogP contribution in [0.4, 0.5) is 10.8 Å². The topological polar surface area (TPSA) is 71.0 Å². The van der Waals surface area contributed by atoms with Gasteiger partial charge in [0.2, 0.25) is 11.0 Å². The van der Waals surface area contributed by atoms with Gasteiger partial charge in [-0.25, -0.2) is 0 Å². The van der Waals surface area contributed by atoms with Gasteiger partial charge in [0.25, 0.3) is 0 Å². The highest BCUT2D eigenvalue weighted by molar-refractivity contribution is 7.15. The first-order valence-corrected chi connectivity index (χ1v) is 9.19. The summed E-state index contributed by atoms with van der Waals surface area (Å²) >= 11 is 1.50. The van der Waals surface area contributed by atoms with E-state index in [-0.39, 0.29) is 12.3 Å². The molecule has 0 saturated heterocycles. The third-order valence-electron chi connectivity index (χ3n) is 4.32. The molecule has 2 heterocycles. The first-order chi connectivity index (χ1) is 11.6. The van der Waals surface area contributed by atoms with Crippen molar-refractivity contribution in [2.24, 2.45) is 0 Å². The van der Waals surface area contributed by atoms with E-state index in [0.29, 0.717) is 11.0 Å². The van der Waals surface area contributed by atoms with Crippen molar-refractivity contribution in [3.8, 4) is 0 Å². The van der Waals surface area contributed by atoms with Crippen LogP contribution in [0.2, 0.25) is 0 Å². The van der Waals surface area contributed by atoms with E-state index >= 15 is 0 Å². The van der Waals surface area contributed by atoms with Crippen LogP contribution in [-0.4, -0.2) is 35.2 Å². The number of pyridine rings is 1. The number of nitrogens with zero attached hydrogens (tertiary/aromatic N) is 4. The summed E-state index contributed by atoms with van der Waals surface area (Å²) in [6.07, 6.45) is 8.15. The van der Waals surface area contributed by atoms with E-state index in [9.17, 15) is 4.79 Å². The zero-order valence-corrected chi connectivity index (χ0v) is 15.0. The molecular weight excluding hydrogens is 322 g/mol. The molecule has 2 aromatic heterocycles. The van der Waals surface area contributed by atoms with Crippen molar-refractivity contribution in [2.45, 2.75) is 44.4 Å². The van der Waals surface area contributed by atoms with Gasteiger partial charge in [-0.3, -0.25) is 9.78 Å². The van der Waals surface area contributed by atoms with Crippen LogP contribution in [0, 0.1) is 0 Å². The lowest BCUT2D eigenvalue weighted by Crippen LogP contribution is -2.18. The standard InChI is InChI=1S/C17H23N5OS/c1-22(2)14-9-6-10-18-13(14)11-15(23)19-17-21-20-16(24-17)12-7-4-3-5-8-12/h6,9-10,12H,3-5,7-8,11H2,1-2H3,(H,19,21,23). The highest BCUT2D eigenvalue weighted by Crippen LogP contribution is 2.35. The Morgan fingerprint density at radius 3 is 2.83 bits per heavy atom. The normalized spacial score (nSPS) is 15.2. The zero-order chi connectivity index (χ0) is 16.9. The summed E-state index contributed by atoms with van der Waals surface area (Å²) in [5.74, 6) is 0.404. The lowest BCUT2D eigenvalue weighted by Gasteiger charge is -2.18. The van der Waals surface area contributed by atoms with Crippen molar-refractivity contribution in [1.82, 2.24) is 15.2 Å². The monoisotopic (exact) mass is 345 g/mol. The van der Waals surface area contributed by atoms with E-state index in [1.165, 1.54) is 43.4 Å². The molecule has 7 heteroatoms. The lowest BCUT2D eigenvalue weighted by molar-refractivity contribution is -0.115. The Hall–Kier alpha value is -2.02. The second kappa shape index (κ2) is 7.70. The molecule has 1 amide bonds. The largest absolute Gasteiger partial charge is 0.376 e. The van der Waals surface area contributed by atoms with Crippen LogP contribution >= 0.6 is 11.3 Å². The number of carbonyl (C=O) groups is 1. The SMILES string of the molecule is CN(C)c1cccnc1CC(=O)Nc1nnc(C2CCCCC2)s1. The Morgan fingerprint density at radius 2 is 2.08 bits per heavy atom. The molecule has 0 aromatic carbocycles. The van der Waals surface area contributed by atoms with Gasteiger partial charge >= 0.3 is 0 Å². The van der Waals surface area contributed by atoms with Crippen LogP contribution in [0.15, 0.2) is 18.3 Å². The Balaban J connectivity index is 1.62. The molecule has 3 rings (SSSR count). The first kappa shape index (κ1) is 16.8. The van der Waals surface area contributed by atoms with E-state index < -0.39 is 0 Å². The minimum absolute atomic E-state index is 0.108. The van der Waals surface area contributed by atoms with Crippen LogP contribution in [0.1, 0.15) is 48.7 Å². The van der Waals surface area contributed by atoms with Gasteiger partial charge in [-0.2, -0.15) is 0 Å². The Bertz CT molecular complexity index is 694. The average molecular weight is 345 g/mol. The second-order valence-electron chi connectivity index (χ2n) is 6.37. The number of nitrogens with one attached hydrogen (secondary N) is 1. The summed E-state index contributed by atoms with van der Waals surface area (Å²) in [7, 11) is 3.89. The van der Waals surface area contributed by atoms with E-state index in [2.05, 4.69) is 20.5 Å². The summed E-state index contributed by atoms with van der Waals surface area (Å²) in [5.41, 5.74) is 1.71. The van der Waals surface area contributed by atoms with E-state index in [1.807, 2.05) is 31.1 Å². The van der Waals surface area contributed by atoms with Gasteiger partial charge in [0.05, 0.1) is 17.8 Å². The molecule has 24 heavy (non-hydrogen) atoms. The van der Waals surface area contributed by atoms with Crippen molar-refractivity contribution in [2.75, 3.05) is 24.3 Å². The number of hydrogen-bond donors (Lipinski definition) is 1. The van der Waals surface area contributed by atoms with Gasteiger partial charge < -0.3 is 10.2 Å². The molecule has 0 unspecified atom stereocenters. The minimum atomic E-state index is -0.108. The smallest absolute Gasteiger partial charge is 0.232 e. The molecule has 6 nitrogen and oxygen atoms in total. The van der Waals surface area contributed by atoms with E-state index in [4.69, 9.17) is 0 Å². The van der Waals surface area contributed by atoms with Gasteiger partial charge in [-0.1, -0.05) is 30.6 Å². The minimum Gasteiger partial charge on any atom is -0.376 e. The molecule has 1 N–H and O–H groups in total. The molecule has 1 fully saturated rings. The van der Waals surface area contributed by atoms with Gasteiger partial charge in [-0.05, 0) is 25.0 Å². The number of rotatable bonds is 5. The third-order valence-corrected chi connectivity index (χ3v) is 5.32. The van der Waals surface area contributed by atoms with Crippen molar-refractivity contribution < 1.29 is 4.79 Å². The fourth-order valence-electron chi connectivity index (χ4n) is 3.09. The fourth-order valence-corrected chi connectivity index (χ4v) is 4.02. The predicted molar refractivity (Wildman–Crippen MR) is 96.6 cm³/mol. The molecule has 0 bridgehead atoms. The molecule has 0 atom stereocenters. The van der Waals surface area contributed by atoms with Gasteiger partial charge in [0.15, 0.2) is 0 Å². The van der Waals surface area contributed by atoms with Crippen molar-refractivity contribution in [3.05, 3.63) is 29.0 Å². The second-order valence-corrected chi connectivity index (χ2v) is 7.38. The van der Waals surface area contributed by atoms with Gasteiger partial charge in [0, 0.05) is 26.2 Å². The maximum Gasteiger partial charge on any atom is 0.232 e. The fraction of sp³-hybridized carbons (Fsp3) is 0.529. The van der Waals surface area contributed by atoms with Gasteiger partial charge in [0.1, 0.15) is 5.01 Å². The lowest BCUT2D eigenvalue weighted by atomic mass is 9.90. The summed E-state index contributed by atoms with van der Waals surface area (Å²) < 4.78 is 0. The maximum absolute atomic E-state index is 12.3. The zero-order valence-electron chi connectivity index (χ0n) is 14.2. The predicted octanol–water partition coefficient (Wildman–Crippen LogP) is 3.23. The maximum atomic E-state index is 12.3. The number of aromatic nitrogens is 3. The number of carbonyl (C=O) groups excluding carboxylic acids is 1. The van der Waals surface area contributed by atoms with Crippen LogP contribution in [0.3, 0.4) is 0 Å². The molecule has 128 valence electrons. The van der Waals surface area contributed by atoms with Crippen LogP contribution < -0.4 is 10.2 Å². The molecule has 0 spiro atoms. The number of anilines is 2. The molecule has 1 aliphatic rings. The Labute approximate surface area is 146 Å². The van der Waals surface area contributed by atoms with Gasteiger partial charge in [-0.15, -0.1) is 10.2 Å². The van der Waals surface area contributed by atoms with Crippen LogP contribution in [0.5, 0.6) is 0 Å². The molecular formula is C17H23N5OS. The van der Waals surface area contributed by atoms with Crippen molar-refractivity contribution in [3.63, 3.8) is 0 Å².